The van der Waals surface area contributed by atoms with Gasteiger partial charge in [0.05, 0.1) is 19.1 Å². The van der Waals surface area contributed by atoms with Crippen LogP contribution in [0.15, 0.2) is 0 Å². The molecule has 0 saturated heterocycles. The number of rotatable bonds is 6. The minimum absolute atomic E-state index is 0.305. The summed E-state index contributed by atoms with van der Waals surface area (Å²) >= 11 is 0. The van der Waals surface area contributed by atoms with Crippen molar-refractivity contribution in [1.29, 1.82) is 0 Å². The van der Waals surface area contributed by atoms with Crippen LogP contribution in [0.25, 0.3) is 0 Å². The van der Waals surface area contributed by atoms with Gasteiger partial charge in [0.15, 0.2) is 0 Å². The first kappa shape index (κ1) is 13.8. The molecule has 0 aliphatic rings. The second-order valence-corrected chi connectivity index (χ2v) is 5.69. The molecule has 0 aliphatic heterocycles. The van der Waals surface area contributed by atoms with E-state index in [0.29, 0.717) is 0 Å². The molecule has 0 bridgehead atoms. The molecule has 14 heavy (non-hydrogen) atoms. The van der Waals surface area contributed by atoms with Gasteiger partial charge in [-0.1, -0.05) is 0 Å². The summed E-state index contributed by atoms with van der Waals surface area (Å²) in [5.41, 5.74) is 0. The Balaban J connectivity index is 4.46. The average Bonchev–Trinajstić information content (AvgIpc) is 1.78. The third kappa shape index (κ3) is 8.38. The fourth-order valence-corrected chi connectivity index (χ4v) is 1.62. The molecular formula is C5H12O7S2. The van der Waals surface area contributed by atoms with Crippen molar-refractivity contribution in [3.8, 4) is 0 Å². The van der Waals surface area contributed by atoms with Crippen LogP contribution in [-0.4, -0.2) is 49.4 Å². The Hall–Kier alpha value is -0.220. The van der Waals surface area contributed by atoms with E-state index >= 15 is 0 Å². The largest absolute Gasteiger partial charge is 0.379 e. The van der Waals surface area contributed by atoms with Crippen molar-refractivity contribution in [3.63, 3.8) is 0 Å². The molecule has 7 nitrogen and oxygen atoms in total. The summed E-state index contributed by atoms with van der Waals surface area (Å²) in [4.78, 5) is 0. The van der Waals surface area contributed by atoms with Crippen molar-refractivity contribution >= 4 is 20.2 Å². The van der Waals surface area contributed by atoms with Crippen LogP contribution in [0, 0.1) is 0 Å². The maximum Gasteiger partial charge on any atom is 0.267 e. The van der Waals surface area contributed by atoms with E-state index < -0.39 is 26.5 Å². The summed E-state index contributed by atoms with van der Waals surface area (Å²) in [5.74, 6) is 0. The molecule has 0 aromatic heterocycles. The van der Waals surface area contributed by atoms with Gasteiger partial charge in [-0.25, -0.2) is 8.37 Å². The number of hydrogen-bond donors (Lipinski definition) is 0. The summed E-state index contributed by atoms with van der Waals surface area (Å²) < 4.78 is 55.7. The highest BCUT2D eigenvalue weighted by molar-refractivity contribution is 7.86. The zero-order chi connectivity index (χ0) is 11.4. The highest BCUT2D eigenvalue weighted by Gasteiger charge is 2.20. The van der Waals surface area contributed by atoms with E-state index in [-0.39, 0.29) is 6.61 Å². The fourth-order valence-electron chi connectivity index (χ4n) is 0.598. The molecule has 0 aromatic rings. The van der Waals surface area contributed by atoms with Gasteiger partial charge < -0.3 is 4.74 Å². The normalized spacial score (nSPS) is 13.4. The van der Waals surface area contributed by atoms with Crippen LogP contribution in [0.1, 0.15) is 0 Å². The molecule has 9 heteroatoms. The molecule has 0 fully saturated rings. The number of methoxy groups -OCH3 is 1. The Morgan fingerprint density at radius 3 is 1.57 bits per heavy atom. The predicted octanol–water partition coefficient (Wildman–Crippen LogP) is -1.09. The quantitative estimate of drug-likeness (QED) is 0.435. The van der Waals surface area contributed by atoms with Crippen molar-refractivity contribution in [2.75, 3.05) is 26.2 Å². The molecule has 86 valence electrons. The van der Waals surface area contributed by atoms with E-state index in [1.165, 1.54) is 7.11 Å². The van der Waals surface area contributed by atoms with Crippen LogP contribution in [0.5, 0.6) is 0 Å². The van der Waals surface area contributed by atoms with Gasteiger partial charge in [0.25, 0.3) is 20.2 Å². The van der Waals surface area contributed by atoms with Crippen LogP contribution in [0.4, 0.5) is 0 Å². The lowest BCUT2D eigenvalue weighted by molar-refractivity contribution is -0.0384. The van der Waals surface area contributed by atoms with Crippen LogP contribution in [-0.2, 0) is 33.3 Å². The van der Waals surface area contributed by atoms with Crippen LogP contribution in [0.2, 0.25) is 0 Å². The Morgan fingerprint density at radius 2 is 1.36 bits per heavy atom. The highest BCUT2D eigenvalue weighted by atomic mass is 32.2. The molecule has 0 aromatic carbocycles. The molecule has 0 radical (unpaired) electrons. The van der Waals surface area contributed by atoms with Gasteiger partial charge in [0.2, 0.25) is 6.29 Å². The van der Waals surface area contributed by atoms with E-state index in [4.69, 9.17) is 0 Å². The third-order valence-electron chi connectivity index (χ3n) is 0.867. The van der Waals surface area contributed by atoms with Gasteiger partial charge in [-0.3, -0.25) is 0 Å². The summed E-state index contributed by atoms with van der Waals surface area (Å²) in [6.45, 7) is -0.305. The minimum atomic E-state index is -3.79. The van der Waals surface area contributed by atoms with Gasteiger partial charge in [0, 0.05) is 7.11 Å². The monoisotopic (exact) mass is 248 g/mol. The van der Waals surface area contributed by atoms with Gasteiger partial charge in [-0.05, 0) is 0 Å². The lowest BCUT2D eigenvalue weighted by atomic mass is 10.7. The van der Waals surface area contributed by atoms with Crippen LogP contribution < -0.4 is 0 Å². The smallest absolute Gasteiger partial charge is 0.267 e. The molecule has 0 amide bonds. The second-order valence-electron chi connectivity index (χ2n) is 2.49. The molecule has 0 atom stereocenters. The maximum absolute atomic E-state index is 10.6. The van der Waals surface area contributed by atoms with E-state index in [2.05, 4.69) is 13.1 Å². The van der Waals surface area contributed by atoms with Crippen molar-refractivity contribution < 1.29 is 29.9 Å². The van der Waals surface area contributed by atoms with E-state index in [0.717, 1.165) is 12.5 Å². The number of ether oxygens (including phenoxy) is 1. The van der Waals surface area contributed by atoms with Crippen molar-refractivity contribution in [1.82, 2.24) is 0 Å². The first-order valence-corrected chi connectivity index (χ1v) is 7.03. The van der Waals surface area contributed by atoms with Gasteiger partial charge in [-0.2, -0.15) is 16.8 Å². The average molecular weight is 248 g/mol. The summed E-state index contributed by atoms with van der Waals surface area (Å²) in [7, 11) is -6.32. The molecule has 0 aliphatic carbocycles. The number of hydrogen-bond acceptors (Lipinski definition) is 7. The Bertz CT molecular complexity index is 320. The summed E-state index contributed by atoms with van der Waals surface area (Å²) in [5, 5.41) is 0. The second kappa shape index (κ2) is 5.03. The van der Waals surface area contributed by atoms with Crippen LogP contribution in [0.3, 0.4) is 0 Å². The Morgan fingerprint density at radius 1 is 1.00 bits per heavy atom. The van der Waals surface area contributed by atoms with Crippen LogP contribution >= 0.6 is 0 Å². The SMILES string of the molecule is COCC(OS(C)(=O)=O)OS(C)(=O)=O. The van der Waals surface area contributed by atoms with Gasteiger partial charge in [0.1, 0.15) is 0 Å². The lowest BCUT2D eigenvalue weighted by Crippen LogP contribution is -2.28. The van der Waals surface area contributed by atoms with Crippen molar-refractivity contribution in [3.05, 3.63) is 0 Å². The van der Waals surface area contributed by atoms with Crippen molar-refractivity contribution in [2.45, 2.75) is 6.29 Å². The first-order valence-electron chi connectivity index (χ1n) is 3.39. The predicted molar refractivity (Wildman–Crippen MR) is 47.5 cm³/mol. The minimum Gasteiger partial charge on any atom is -0.379 e. The fraction of sp³-hybridized carbons (Fsp3) is 1.00. The van der Waals surface area contributed by atoms with E-state index in [9.17, 15) is 16.8 Å². The molecule has 0 rings (SSSR count). The Kier molecular flexibility index (Phi) is 4.95. The molecule has 0 N–H and O–H groups in total. The molecule has 0 spiro atoms. The van der Waals surface area contributed by atoms with Crippen molar-refractivity contribution in [2.24, 2.45) is 0 Å². The topological polar surface area (TPSA) is 96.0 Å². The standard InChI is InChI=1S/C5H12O7S2/c1-10-4-5(11-13(2,6)7)12-14(3,8)9/h5H,4H2,1-3H3. The maximum atomic E-state index is 10.6. The highest BCUT2D eigenvalue weighted by Crippen LogP contribution is 2.04. The molecule has 0 unspecified atom stereocenters. The Labute approximate surface area is 83.2 Å². The zero-order valence-corrected chi connectivity index (χ0v) is 9.59. The summed E-state index contributed by atoms with van der Waals surface area (Å²) in [6, 6.07) is 0. The zero-order valence-electron chi connectivity index (χ0n) is 7.96. The lowest BCUT2D eigenvalue weighted by Gasteiger charge is -2.13. The molecule has 0 heterocycles. The van der Waals surface area contributed by atoms with E-state index in [1.807, 2.05) is 0 Å². The van der Waals surface area contributed by atoms with Gasteiger partial charge >= 0.3 is 0 Å². The third-order valence-corrected chi connectivity index (χ3v) is 2.00. The van der Waals surface area contributed by atoms with Gasteiger partial charge in [-0.15, -0.1) is 0 Å². The van der Waals surface area contributed by atoms with E-state index in [1.54, 1.807) is 0 Å². The summed E-state index contributed by atoms with van der Waals surface area (Å²) in [6.07, 6.45) is 0.0767. The molecule has 0 saturated carbocycles. The first-order chi connectivity index (χ1) is 6.14. The molecular weight excluding hydrogens is 236 g/mol.